The Morgan fingerprint density at radius 1 is 1.19 bits per heavy atom. The van der Waals surface area contributed by atoms with Gasteiger partial charge in [0, 0.05) is 24.4 Å². The molecule has 3 aromatic rings. The van der Waals surface area contributed by atoms with Crippen LogP contribution in [0.1, 0.15) is 23.0 Å². The second-order valence-corrected chi connectivity index (χ2v) is 6.17. The molecule has 2 heterocycles. The average Bonchev–Trinajstić information content (AvgIpc) is 3.09. The molecule has 0 unspecified atom stereocenters. The van der Waals surface area contributed by atoms with E-state index in [2.05, 4.69) is 4.98 Å². The minimum absolute atomic E-state index is 0.0257. The van der Waals surface area contributed by atoms with E-state index in [0.717, 1.165) is 0 Å². The number of nitrogens with zero attached hydrogens (tertiary/aromatic N) is 3. The second-order valence-electron chi connectivity index (χ2n) is 5.33. The molecule has 0 aliphatic rings. The van der Waals surface area contributed by atoms with Gasteiger partial charge in [0.1, 0.15) is 6.61 Å². The minimum atomic E-state index is -0.549. The van der Waals surface area contributed by atoms with Crippen molar-refractivity contribution in [3.8, 4) is 0 Å². The minimum Gasteiger partial charge on any atom is -0.619 e. The van der Waals surface area contributed by atoms with Gasteiger partial charge in [-0.05, 0) is 12.1 Å². The molecule has 26 heavy (non-hydrogen) atoms. The van der Waals surface area contributed by atoms with Gasteiger partial charge in [0.15, 0.2) is 17.5 Å². The van der Waals surface area contributed by atoms with E-state index >= 15 is 0 Å². The van der Waals surface area contributed by atoms with E-state index < -0.39 is 5.97 Å². The van der Waals surface area contributed by atoms with Gasteiger partial charge in [-0.1, -0.05) is 18.2 Å². The lowest BCUT2D eigenvalue weighted by Gasteiger charge is -2.17. The molecule has 0 bridgehead atoms. The highest BCUT2D eigenvalue weighted by Gasteiger charge is 2.18. The Bertz CT molecular complexity index is 910. The molecule has 3 rings (SSSR count). The molecule has 0 saturated carbocycles. The summed E-state index contributed by atoms with van der Waals surface area (Å²) in [5.41, 5.74) is 1.53. The van der Waals surface area contributed by atoms with Gasteiger partial charge in [-0.15, -0.1) is 11.3 Å². The Morgan fingerprint density at radius 2 is 1.88 bits per heavy atom. The first-order valence-electron chi connectivity index (χ1n) is 7.70. The van der Waals surface area contributed by atoms with E-state index in [0.29, 0.717) is 21.2 Å². The first kappa shape index (κ1) is 17.6. The maximum atomic E-state index is 12.0. The van der Waals surface area contributed by atoms with Crippen molar-refractivity contribution in [3.05, 3.63) is 76.7 Å². The van der Waals surface area contributed by atoms with Crippen LogP contribution < -0.4 is 9.63 Å². The summed E-state index contributed by atoms with van der Waals surface area (Å²) in [6.45, 7) is 1.44. The molecule has 8 heteroatoms. The van der Waals surface area contributed by atoms with Crippen molar-refractivity contribution in [2.24, 2.45) is 0 Å². The van der Waals surface area contributed by atoms with E-state index in [1.807, 2.05) is 30.3 Å². The van der Waals surface area contributed by atoms with E-state index in [1.165, 1.54) is 47.7 Å². The highest BCUT2D eigenvalue weighted by molar-refractivity contribution is 7.14. The normalized spacial score (nSPS) is 10.3. The smallest absolute Gasteiger partial charge is 0.338 e. The molecular formula is C18H15N3O4S. The van der Waals surface area contributed by atoms with Crippen LogP contribution >= 0.6 is 11.3 Å². The van der Waals surface area contributed by atoms with Crippen LogP contribution in [0.2, 0.25) is 0 Å². The molecule has 0 saturated heterocycles. The number of ether oxygens (including phenoxy) is 1. The predicted molar refractivity (Wildman–Crippen MR) is 95.9 cm³/mol. The molecule has 0 aliphatic heterocycles. The number of amides is 1. The van der Waals surface area contributed by atoms with Crippen molar-refractivity contribution in [2.75, 3.05) is 4.90 Å². The molecule has 0 radical (unpaired) electrons. The number of carbonyl (C=O) groups is 2. The third kappa shape index (κ3) is 4.04. The highest BCUT2D eigenvalue weighted by Crippen LogP contribution is 2.28. The SMILES string of the molecule is CC(=O)N(c1ccccc1)c1nc(COC(=O)c2cc[n+]([O-])cc2)cs1. The number of pyridine rings is 1. The number of carbonyl (C=O) groups excluding carboxylic acids is 2. The molecule has 0 fully saturated rings. The summed E-state index contributed by atoms with van der Waals surface area (Å²) in [7, 11) is 0. The average molecular weight is 369 g/mol. The van der Waals surface area contributed by atoms with Crippen LogP contribution in [0.3, 0.4) is 0 Å². The molecule has 0 atom stereocenters. The molecule has 132 valence electrons. The van der Waals surface area contributed by atoms with Crippen molar-refractivity contribution < 1.29 is 19.1 Å². The first-order valence-corrected chi connectivity index (χ1v) is 8.58. The maximum Gasteiger partial charge on any atom is 0.338 e. The second kappa shape index (κ2) is 7.75. The zero-order valence-corrected chi connectivity index (χ0v) is 14.7. The van der Waals surface area contributed by atoms with Gasteiger partial charge in [-0.3, -0.25) is 9.69 Å². The van der Waals surface area contributed by atoms with Gasteiger partial charge in [-0.2, -0.15) is 4.73 Å². The summed E-state index contributed by atoms with van der Waals surface area (Å²) in [5, 5.41) is 13.2. The first-order chi connectivity index (χ1) is 12.5. The van der Waals surface area contributed by atoms with Gasteiger partial charge < -0.3 is 9.94 Å². The Balaban J connectivity index is 1.70. The van der Waals surface area contributed by atoms with Crippen LogP contribution in [0.4, 0.5) is 10.8 Å². The number of rotatable bonds is 5. The van der Waals surface area contributed by atoms with Gasteiger partial charge in [-0.25, -0.2) is 9.78 Å². The quantitative estimate of drug-likeness (QED) is 0.392. The molecule has 1 aromatic carbocycles. The summed E-state index contributed by atoms with van der Waals surface area (Å²) in [6.07, 6.45) is 2.45. The molecule has 0 spiro atoms. The lowest BCUT2D eigenvalue weighted by Crippen LogP contribution is -2.24. The number of aromatic nitrogens is 2. The van der Waals surface area contributed by atoms with E-state index in [4.69, 9.17) is 4.74 Å². The number of benzene rings is 1. The zero-order valence-electron chi connectivity index (χ0n) is 13.9. The topological polar surface area (TPSA) is 86.4 Å². The fourth-order valence-electron chi connectivity index (χ4n) is 2.24. The lowest BCUT2D eigenvalue weighted by atomic mass is 10.3. The molecule has 1 amide bonds. The predicted octanol–water partition coefficient (Wildman–Crippen LogP) is 2.82. The fraction of sp³-hybridized carbons (Fsp3) is 0.111. The molecule has 0 N–H and O–H groups in total. The van der Waals surface area contributed by atoms with Crippen molar-refractivity contribution >= 4 is 34.0 Å². The van der Waals surface area contributed by atoms with Crippen LogP contribution in [0.25, 0.3) is 0 Å². The van der Waals surface area contributed by atoms with Crippen LogP contribution in [-0.4, -0.2) is 16.9 Å². The van der Waals surface area contributed by atoms with Crippen molar-refractivity contribution in [3.63, 3.8) is 0 Å². The van der Waals surface area contributed by atoms with Crippen molar-refractivity contribution in [2.45, 2.75) is 13.5 Å². The summed E-state index contributed by atoms with van der Waals surface area (Å²) >= 11 is 1.29. The summed E-state index contributed by atoms with van der Waals surface area (Å²) < 4.78 is 5.79. The Kier molecular flexibility index (Phi) is 5.23. The monoisotopic (exact) mass is 369 g/mol. The Morgan fingerprint density at radius 3 is 2.54 bits per heavy atom. The number of anilines is 2. The van der Waals surface area contributed by atoms with Gasteiger partial charge in [0.05, 0.1) is 16.9 Å². The molecule has 7 nitrogen and oxygen atoms in total. The third-order valence-electron chi connectivity index (χ3n) is 3.45. The maximum absolute atomic E-state index is 12.0. The van der Waals surface area contributed by atoms with Crippen LogP contribution in [0.5, 0.6) is 0 Å². The van der Waals surface area contributed by atoms with Crippen LogP contribution in [0.15, 0.2) is 60.2 Å². The number of esters is 1. The molecular weight excluding hydrogens is 354 g/mol. The molecule has 2 aromatic heterocycles. The molecule has 0 aliphatic carbocycles. The highest BCUT2D eigenvalue weighted by atomic mass is 32.1. The summed E-state index contributed by atoms with van der Waals surface area (Å²) in [5.74, 6) is -0.712. The van der Waals surface area contributed by atoms with E-state index in [-0.39, 0.29) is 18.1 Å². The Hall–Kier alpha value is -3.26. The van der Waals surface area contributed by atoms with Gasteiger partial charge in [0.2, 0.25) is 5.91 Å². The number of hydrogen-bond acceptors (Lipinski definition) is 6. The lowest BCUT2D eigenvalue weighted by molar-refractivity contribution is -0.605. The van der Waals surface area contributed by atoms with Crippen LogP contribution in [-0.2, 0) is 16.1 Å². The van der Waals surface area contributed by atoms with Crippen molar-refractivity contribution in [1.82, 2.24) is 4.98 Å². The van der Waals surface area contributed by atoms with E-state index in [9.17, 15) is 14.8 Å². The number of thiazole rings is 1. The van der Waals surface area contributed by atoms with E-state index in [1.54, 1.807) is 5.38 Å². The van der Waals surface area contributed by atoms with Crippen molar-refractivity contribution in [1.29, 1.82) is 0 Å². The third-order valence-corrected chi connectivity index (χ3v) is 4.32. The fourth-order valence-corrected chi connectivity index (χ4v) is 3.11. The summed E-state index contributed by atoms with van der Waals surface area (Å²) in [6, 6.07) is 12.0. The standard InChI is InChI=1S/C18H15N3O4S/c1-13(22)21(16-5-3-2-4-6-16)18-19-15(12-26-18)11-25-17(23)14-7-9-20(24)10-8-14/h2-10,12H,11H2,1H3. The summed E-state index contributed by atoms with van der Waals surface area (Å²) in [4.78, 5) is 29.9. The van der Waals surface area contributed by atoms with Gasteiger partial charge in [0.25, 0.3) is 0 Å². The zero-order chi connectivity index (χ0) is 18.5. The largest absolute Gasteiger partial charge is 0.619 e. The number of hydrogen-bond donors (Lipinski definition) is 0. The van der Waals surface area contributed by atoms with Crippen LogP contribution in [0, 0.1) is 5.21 Å². The number of para-hydroxylation sites is 1. The van der Waals surface area contributed by atoms with Gasteiger partial charge >= 0.3 is 5.97 Å². The Labute approximate surface area is 153 Å².